The average Bonchev–Trinajstić information content (AvgIpc) is 2.15. The Bertz CT molecular complexity index is 287. The number of rotatable bonds is 2. The van der Waals surface area contributed by atoms with Crippen molar-refractivity contribution < 1.29 is 27.4 Å². The first-order chi connectivity index (χ1) is 7.75. The predicted octanol–water partition coefficient (Wildman–Crippen LogP) is 1.42. The minimum absolute atomic E-state index is 0.0617. The van der Waals surface area contributed by atoms with E-state index >= 15 is 0 Å². The standard InChI is InChI=1S/C9H13ClF3NO3/c1-4-7(16-2)5(3-6(10)17-4)14-8(15)9(11,12)13/h4-7H,3H2,1-2H3,(H,14,15)/t4-,5+,6?,7-/m0/s1. The van der Waals surface area contributed by atoms with E-state index in [1.165, 1.54) is 7.11 Å². The summed E-state index contributed by atoms with van der Waals surface area (Å²) in [6, 6.07) is -0.819. The van der Waals surface area contributed by atoms with Crippen LogP contribution in [0.25, 0.3) is 0 Å². The van der Waals surface area contributed by atoms with Gasteiger partial charge in [0.15, 0.2) is 0 Å². The Balaban J connectivity index is 2.69. The average molecular weight is 276 g/mol. The molecule has 1 saturated heterocycles. The number of halogens is 4. The van der Waals surface area contributed by atoms with Crippen LogP contribution in [0.4, 0.5) is 13.2 Å². The molecule has 0 aromatic carbocycles. The van der Waals surface area contributed by atoms with Crippen LogP contribution in [0.2, 0.25) is 0 Å². The van der Waals surface area contributed by atoms with Gasteiger partial charge in [0, 0.05) is 13.5 Å². The molecule has 1 rings (SSSR count). The third kappa shape index (κ3) is 3.72. The molecule has 0 saturated carbocycles. The van der Waals surface area contributed by atoms with Crippen molar-refractivity contribution in [2.75, 3.05) is 7.11 Å². The second-order valence-corrected chi connectivity index (χ2v) is 4.25. The minimum atomic E-state index is -4.92. The smallest absolute Gasteiger partial charge is 0.377 e. The number of hydrogen-bond acceptors (Lipinski definition) is 3. The van der Waals surface area contributed by atoms with Crippen molar-refractivity contribution in [3.63, 3.8) is 0 Å². The molecule has 1 aliphatic rings. The SMILES string of the molecule is CO[C@H]1[C@H](C)OC(Cl)C[C@H]1NC(=O)C(F)(F)F. The van der Waals surface area contributed by atoms with Gasteiger partial charge in [0.25, 0.3) is 0 Å². The van der Waals surface area contributed by atoms with E-state index in [2.05, 4.69) is 0 Å². The molecule has 1 N–H and O–H groups in total. The molecule has 0 bridgehead atoms. The van der Waals surface area contributed by atoms with Crippen LogP contribution < -0.4 is 5.32 Å². The highest BCUT2D eigenvalue weighted by molar-refractivity contribution is 6.19. The molecule has 1 unspecified atom stereocenters. The fraction of sp³-hybridized carbons (Fsp3) is 0.889. The van der Waals surface area contributed by atoms with Gasteiger partial charge in [0.1, 0.15) is 11.7 Å². The van der Waals surface area contributed by atoms with E-state index in [0.717, 1.165) is 0 Å². The van der Waals surface area contributed by atoms with Gasteiger partial charge in [-0.05, 0) is 6.92 Å². The maximum atomic E-state index is 12.1. The Hall–Kier alpha value is -0.530. The summed E-state index contributed by atoms with van der Waals surface area (Å²) >= 11 is 5.72. The molecule has 0 aromatic heterocycles. The summed E-state index contributed by atoms with van der Waals surface area (Å²) in [6.07, 6.45) is -6.00. The van der Waals surface area contributed by atoms with Crippen LogP contribution >= 0.6 is 11.6 Å². The summed E-state index contributed by atoms with van der Waals surface area (Å²) in [4.78, 5) is 10.8. The predicted molar refractivity (Wildman–Crippen MR) is 53.6 cm³/mol. The lowest BCUT2D eigenvalue weighted by atomic mass is 10.00. The number of nitrogens with one attached hydrogen (secondary N) is 1. The molecule has 4 nitrogen and oxygen atoms in total. The number of hydrogen-bond donors (Lipinski definition) is 1. The minimum Gasteiger partial charge on any atom is -0.377 e. The normalized spacial score (nSPS) is 34.5. The molecule has 0 aliphatic carbocycles. The van der Waals surface area contributed by atoms with Gasteiger partial charge in [0.2, 0.25) is 0 Å². The third-order valence-electron chi connectivity index (χ3n) is 2.51. The molecule has 1 aliphatic heterocycles. The Morgan fingerprint density at radius 2 is 2.12 bits per heavy atom. The Morgan fingerprint density at radius 3 is 2.59 bits per heavy atom. The lowest BCUT2D eigenvalue weighted by Gasteiger charge is -2.38. The molecular formula is C9H13ClF3NO3. The van der Waals surface area contributed by atoms with Gasteiger partial charge >= 0.3 is 12.1 Å². The highest BCUT2D eigenvalue weighted by atomic mass is 35.5. The zero-order valence-corrected chi connectivity index (χ0v) is 10.0. The lowest BCUT2D eigenvalue weighted by Crippen LogP contribution is -2.56. The highest BCUT2D eigenvalue weighted by Crippen LogP contribution is 2.25. The Morgan fingerprint density at radius 1 is 1.53 bits per heavy atom. The Labute approximate surface area is 101 Å². The summed E-state index contributed by atoms with van der Waals surface area (Å²) in [6.45, 7) is 1.62. The van der Waals surface area contributed by atoms with E-state index in [9.17, 15) is 18.0 Å². The summed E-state index contributed by atoms with van der Waals surface area (Å²) in [5.74, 6) is -2.00. The van der Waals surface area contributed by atoms with E-state index in [0.29, 0.717) is 0 Å². The van der Waals surface area contributed by atoms with Crippen molar-refractivity contribution in [1.82, 2.24) is 5.32 Å². The molecule has 0 aromatic rings. The first-order valence-electron chi connectivity index (χ1n) is 4.95. The van der Waals surface area contributed by atoms with Gasteiger partial charge in [-0.3, -0.25) is 4.79 Å². The first-order valence-corrected chi connectivity index (χ1v) is 5.39. The van der Waals surface area contributed by atoms with Crippen LogP contribution in [-0.2, 0) is 14.3 Å². The van der Waals surface area contributed by atoms with Gasteiger partial charge < -0.3 is 14.8 Å². The van der Waals surface area contributed by atoms with Crippen LogP contribution in [0.3, 0.4) is 0 Å². The summed E-state index contributed by atoms with van der Waals surface area (Å²) in [5.41, 5.74) is -0.741. The summed E-state index contributed by atoms with van der Waals surface area (Å²) < 4.78 is 46.5. The molecule has 0 radical (unpaired) electrons. The maximum absolute atomic E-state index is 12.1. The maximum Gasteiger partial charge on any atom is 0.471 e. The molecule has 8 heteroatoms. The fourth-order valence-corrected chi connectivity index (χ4v) is 2.13. The quantitative estimate of drug-likeness (QED) is 0.776. The number of carbonyl (C=O) groups is 1. The molecule has 0 spiro atoms. The van der Waals surface area contributed by atoms with Crippen molar-refractivity contribution in [3.05, 3.63) is 0 Å². The zero-order valence-electron chi connectivity index (χ0n) is 9.25. The molecule has 1 fully saturated rings. The topological polar surface area (TPSA) is 47.6 Å². The van der Waals surface area contributed by atoms with Crippen LogP contribution in [0.5, 0.6) is 0 Å². The van der Waals surface area contributed by atoms with Gasteiger partial charge in [-0.25, -0.2) is 0 Å². The van der Waals surface area contributed by atoms with Gasteiger partial charge in [-0.1, -0.05) is 11.6 Å². The largest absolute Gasteiger partial charge is 0.471 e. The first kappa shape index (κ1) is 14.5. The highest BCUT2D eigenvalue weighted by Gasteiger charge is 2.43. The fourth-order valence-electron chi connectivity index (χ4n) is 1.77. The van der Waals surface area contributed by atoms with E-state index in [1.54, 1.807) is 6.92 Å². The van der Waals surface area contributed by atoms with E-state index in [4.69, 9.17) is 21.1 Å². The number of alkyl halides is 4. The molecular weight excluding hydrogens is 263 g/mol. The summed E-state index contributed by atoms with van der Waals surface area (Å²) in [7, 11) is 1.34. The van der Waals surface area contributed by atoms with Crippen molar-refractivity contribution >= 4 is 17.5 Å². The second kappa shape index (κ2) is 5.41. The van der Waals surface area contributed by atoms with Crippen molar-refractivity contribution in [3.8, 4) is 0 Å². The molecule has 17 heavy (non-hydrogen) atoms. The van der Waals surface area contributed by atoms with Gasteiger partial charge in [0.05, 0.1) is 12.1 Å². The lowest BCUT2D eigenvalue weighted by molar-refractivity contribution is -0.178. The van der Waals surface area contributed by atoms with Gasteiger partial charge in [-0.15, -0.1) is 0 Å². The van der Waals surface area contributed by atoms with Crippen molar-refractivity contribution in [2.45, 2.75) is 43.3 Å². The zero-order chi connectivity index (χ0) is 13.2. The molecule has 4 atom stereocenters. The number of methoxy groups -OCH3 is 1. The second-order valence-electron chi connectivity index (χ2n) is 3.76. The van der Waals surface area contributed by atoms with Crippen LogP contribution in [-0.4, -0.2) is 43.0 Å². The summed E-state index contributed by atoms with van der Waals surface area (Å²) in [5, 5.41) is 1.87. The van der Waals surface area contributed by atoms with Crippen molar-refractivity contribution in [1.29, 1.82) is 0 Å². The van der Waals surface area contributed by atoms with Crippen LogP contribution in [0.1, 0.15) is 13.3 Å². The number of ether oxygens (including phenoxy) is 2. The van der Waals surface area contributed by atoms with Gasteiger partial charge in [-0.2, -0.15) is 13.2 Å². The number of amides is 1. The molecule has 1 amide bonds. The third-order valence-corrected chi connectivity index (χ3v) is 2.79. The van der Waals surface area contributed by atoms with E-state index < -0.39 is 35.9 Å². The van der Waals surface area contributed by atoms with E-state index in [1.807, 2.05) is 5.32 Å². The monoisotopic (exact) mass is 275 g/mol. The molecule has 1 heterocycles. The molecule has 100 valence electrons. The van der Waals surface area contributed by atoms with E-state index in [-0.39, 0.29) is 6.42 Å². The Kier molecular flexibility index (Phi) is 4.62. The number of carbonyl (C=O) groups excluding carboxylic acids is 1. The van der Waals surface area contributed by atoms with Crippen LogP contribution in [0, 0.1) is 0 Å². The van der Waals surface area contributed by atoms with Crippen molar-refractivity contribution in [2.24, 2.45) is 0 Å². The van der Waals surface area contributed by atoms with Crippen LogP contribution in [0.15, 0.2) is 0 Å².